The Bertz CT molecular complexity index is 877. The van der Waals surface area contributed by atoms with Crippen molar-refractivity contribution < 1.29 is 127 Å². The van der Waals surface area contributed by atoms with Crippen molar-refractivity contribution in [2.45, 2.75) is 13.8 Å². The quantitative estimate of drug-likeness (QED) is 0.0468. The van der Waals surface area contributed by atoms with Gasteiger partial charge in [0.25, 0.3) is 0 Å². The van der Waals surface area contributed by atoms with E-state index in [0.29, 0.717) is 0 Å². The Morgan fingerprint density at radius 3 is 0.490 bits per heavy atom. The molecule has 8 N–H and O–H groups in total. The Kier molecular flexibility index (Phi) is 35.3. The number of hydrogen-bond acceptors (Lipinski definition) is 16. The molecule has 0 aliphatic heterocycles. The van der Waals surface area contributed by atoms with Crippen LogP contribution in [0.5, 0.6) is 0 Å². The van der Waals surface area contributed by atoms with Gasteiger partial charge >= 0.3 is 75.4 Å². The first-order chi connectivity index (χ1) is 21.9. The van der Waals surface area contributed by atoms with Gasteiger partial charge in [-0.15, -0.1) is 0 Å². The zero-order valence-corrected chi connectivity index (χ0v) is 32.0. The molecule has 0 saturated heterocycles. The summed E-state index contributed by atoms with van der Waals surface area (Å²) in [6.07, 6.45) is 0. The van der Waals surface area contributed by atoms with Crippen LogP contribution in [0.2, 0.25) is 0 Å². The fraction of sp³-hybridized carbons (Fsp3) is 0.583. The van der Waals surface area contributed by atoms with E-state index in [4.69, 9.17) is 60.7 Å². The monoisotopic (exact) mass is 904 g/mol. The molecule has 0 unspecified atom stereocenters. The molecule has 25 heteroatoms. The van der Waals surface area contributed by atoms with Gasteiger partial charge in [0.05, 0.1) is 52.4 Å². The number of carbonyl (C=O) groups is 10. The topological polar surface area (TPSA) is 392 Å². The zero-order chi connectivity index (χ0) is 38.6. The van der Waals surface area contributed by atoms with E-state index < -0.39 is 112 Å². The molecule has 0 heterocycles. The van der Waals surface area contributed by atoms with Crippen LogP contribution < -0.4 is 10.2 Å². The largest absolute Gasteiger partial charge is 2.00 e. The molecule has 0 aromatic rings. The van der Waals surface area contributed by atoms with Gasteiger partial charge in [0.1, 0.15) is 0 Å². The summed E-state index contributed by atoms with van der Waals surface area (Å²) in [6.45, 7) is -2.56. The molecule has 0 aromatic heterocycles. The zero-order valence-electron chi connectivity index (χ0n) is 26.5. The third kappa shape index (κ3) is 53.3. The first-order valence-electron chi connectivity index (χ1n) is 12.9. The van der Waals surface area contributed by atoms with E-state index in [1.165, 1.54) is 0 Å². The second kappa shape index (κ2) is 32.0. The molecule has 49 heavy (non-hydrogen) atoms. The Morgan fingerprint density at radius 1 is 0.347 bits per heavy atom. The van der Waals surface area contributed by atoms with Crippen LogP contribution in [0, 0.1) is 0 Å². The van der Waals surface area contributed by atoms with Gasteiger partial charge in [-0.2, -0.15) is 0 Å². The van der Waals surface area contributed by atoms with Gasteiger partial charge in [0, 0.05) is 38.1 Å². The van der Waals surface area contributed by atoms with E-state index in [9.17, 15) is 38.4 Å². The molecule has 0 spiro atoms. The van der Waals surface area contributed by atoms with E-state index in [2.05, 4.69) is 0 Å². The van der Waals surface area contributed by atoms with Crippen molar-refractivity contribution >= 4 is 59.7 Å². The molecule has 0 amide bonds. The molecule has 24 nitrogen and oxygen atoms in total. The third-order valence-corrected chi connectivity index (χ3v) is 4.34. The SMILES string of the molecule is CC(=O)[O-].CC(=O)[O-].O=C(O)CN(CCN(CC(=O)O)CC(=O)O)CC(=O)O.O=C(O)CN(CCN(CC(=O)O)CC(=O)O)CC(=O)O.[Hg+2]. The average Bonchev–Trinajstić information content (AvgIpc) is 2.82. The summed E-state index contributed by atoms with van der Waals surface area (Å²) in [4.78, 5) is 107. The maximum atomic E-state index is 10.6. The molecule has 0 radical (unpaired) electrons. The van der Waals surface area contributed by atoms with Gasteiger partial charge in [0.2, 0.25) is 0 Å². The molecule has 0 saturated carbocycles. The number of aliphatic carboxylic acids is 10. The molecule has 0 atom stereocenters. The smallest absolute Gasteiger partial charge is 0.550 e. The summed E-state index contributed by atoms with van der Waals surface area (Å²) >= 11 is 0. The van der Waals surface area contributed by atoms with E-state index in [0.717, 1.165) is 33.4 Å². The molecule has 0 bridgehead atoms. The Labute approximate surface area is 297 Å². The molecule has 0 fully saturated rings. The summed E-state index contributed by atoms with van der Waals surface area (Å²) < 4.78 is 0. The van der Waals surface area contributed by atoms with Gasteiger partial charge in [-0.25, -0.2) is 0 Å². The number of carbonyl (C=O) groups excluding carboxylic acids is 2. The van der Waals surface area contributed by atoms with Gasteiger partial charge in [-0.1, -0.05) is 0 Å². The van der Waals surface area contributed by atoms with Gasteiger partial charge < -0.3 is 60.7 Å². The molecular weight excluding hydrogens is 865 g/mol. The van der Waals surface area contributed by atoms with E-state index >= 15 is 0 Å². The molecule has 0 rings (SSSR count). The minimum atomic E-state index is -1.23. The summed E-state index contributed by atoms with van der Waals surface area (Å²) in [5.41, 5.74) is 0. The number of nitrogens with zero attached hydrogens (tertiary/aromatic N) is 4. The van der Waals surface area contributed by atoms with Crippen LogP contribution in [0.15, 0.2) is 0 Å². The maximum absolute atomic E-state index is 10.6. The second-order valence-corrected chi connectivity index (χ2v) is 8.98. The summed E-state index contributed by atoms with van der Waals surface area (Å²) in [6, 6.07) is 0. The fourth-order valence-corrected chi connectivity index (χ4v) is 2.95. The molecular formula is C24H38HgN4O20. The van der Waals surface area contributed by atoms with E-state index in [-0.39, 0.29) is 53.8 Å². The van der Waals surface area contributed by atoms with Crippen molar-refractivity contribution in [3.63, 3.8) is 0 Å². The number of rotatable bonds is 22. The Hall–Kier alpha value is -4.52. The minimum Gasteiger partial charge on any atom is -0.550 e. The van der Waals surface area contributed by atoms with Crippen LogP contribution in [0.4, 0.5) is 0 Å². The van der Waals surface area contributed by atoms with Gasteiger partial charge in [-0.3, -0.25) is 58.0 Å². The number of carboxylic acid groups (broad SMARTS) is 10. The average molecular weight is 903 g/mol. The van der Waals surface area contributed by atoms with Crippen molar-refractivity contribution in [1.82, 2.24) is 19.6 Å². The van der Waals surface area contributed by atoms with E-state index in [1.54, 1.807) is 0 Å². The number of carboxylic acids is 10. The predicted octanol–water partition coefficient (Wildman–Crippen LogP) is -6.63. The maximum Gasteiger partial charge on any atom is 2.00 e. The normalized spacial score (nSPS) is 9.76. The van der Waals surface area contributed by atoms with Crippen molar-refractivity contribution in [3.8, 4) is 0 Å². The Morgan fingerprint density at radius 2 is 0.429 bits per heavy atom. The van der Waals surface area contributed by atoms with Crippen molar-refractivity contribution in [3.05, 3.63) is 0 Å². The third-order valence-electron chi connectivity index (χ3n) is 4.34. The van der Waals surface area contributed by atoms with Crippen LogP contribution in [0.3, 0.4) is 0 Å². The Balaban J connectivity index is -0.000000212. The van der Waals surface area contributed by atoms with Gasteiger partial charge in [0.15, 0.2) is 0 Å². The second-order valence-electron chi connectivity index (χ2n) is 8.98. The van der Waals surface area contributed by atoms with Gasteiger partial charge in [-0.05, 0) is 13.8 Å². The van der Waals surface area contributed by atoms with Crippen LogP contribution in [0.1, 0.15) is 13.8 Å². The summed E-state index contributed by atoms with van der Waals surface area (Å²) in [5, 5.41) is 86.7. The first-order valence-corrected chi connectivity index (χ1v) is 12.9. The van der Waals surface area contributed by atoms with Crippen LogP contribution in [-0.4, -0.2) is 199 Å². The number of hydrogen-bond donors (Lipinski definition) is 8. The molecule has 0 aromatic carbocycles. The molecule has 0 aliphatic carbocycles. The van der Waals surface area contributed by atoms with Crippen molar-refractivity contribution in [2.75, 3.05) is 78.5 Å². The van der Waals surface area contributed by atoms with Crippen LogP contribution >= 0.6 is 0 Å². The molecule has 276 valence electrons. The standard InChI is InChI=1S/2C10H16N2O8.2C2H4O2.Hg/c2*13-7(14)3-11(4-8(15)16)1-2-12(5-9(17)18)6-10(19)20;2*1-2(3)4;/h2*1-6H2,(H,13,14)(H,15,16)(H,17,18)(H,19,20);2*1H3,(H,3,4);/q;;;;+2/p-2. The van der Waals surface area contributed by atoms with E-state index in [1.807, 2.05) is 0 Å². The summed E-state index contributed by atoms with van der Waals surface area (Å²) in [7, 11) is 0. The summed E-state index contributed by atoms with van der Waals surface area (Å²) in [5.74, 6) is -12.0. The van der Waals surface area contributed by atoms with Crippen LogP contribution in [0.25, 0.3) is 0 Å². The van der Waals surface area contributed by atoms with Crippen molar-refractivity contribution in [1.29, 1.82) is 0 Å². The first kappa shape index (κ1) is 53.9. The fourth-order valence-electron chi connectivity index (χ4n) is 2.95. The molecule has 0 aliphatic rings. The van der Waals surface area contributed by atoms with Crippen molar-refractivity contribution in [2.24, 2.45) is 0 Å². The minimum absolute atomic E-state index is 0. The predicted molar refractivity (Wildman–Crippen MR) is 148 cm³/mol. The van der Waals surface area contributed by atoms with Crippen LogP contribution in [-0.2, 0) is 75.6 Å².